The Balaban J connectivity index is 1.36. The van der Waals surface area contributed by atoms with Gasteiger partial charge in [-0.1, -0.05) is 23.5 Å². The van der Waals surface area contributed by atoms with E-state index in [9.17, 15) is 13.6 Å². The molecule has 1 fully saturated rings. The fraction of sp³-hybridized carbons (Fsp3) is 0.381. The largest absolute Gasteiger partial charge is 0.435 e. The fourth-order valence-electron chi connectivity index (χ4n) is 3.57. The van der Waals surface area contributed by atoms with Gasteiger partial charge in [-0.15, -0.1) is 15.3 Å². The Hall–Kier alpha value is -3.45. The number of benzene rings is 1. The van der Waals surface area contributed by atoms with Crippen LogP contribution in [0.5, 0.6) is 5.75 Å². The van der Waals surface area contributed by atoms with Gasteiger partial charge in [0.05, 0.1) is 0 Å². The first kappa shape index (κ1) is 23.7. The fourth-order valence-corrected chi connectivity index (χ4v) is 4.29. The molecule has 1 aliphatic heterocycles. The van der Waals surface area contributed by atoms with Crippen molar-refractivity contribution in [1.29, 1.82) is 0 Å². The second-order valence-corrected chi connectivity index (χ2v) is 8.32. The molecular formula is C21H23F2N7O3S. The van der Waals surface area contributed by atoms with E-state index in [4.69, 9.17) is 4.74 Å². The number of ether oxygens (including phenoxy) is 2. The van der Waals surface area contributed by atoms with Crippen LogP contribution in [-0.2, 0) is 9.53 Å². The minimum absolute atomic E-state index is 0.0560. The zero-order chi connectivity index (χ0) is 23.9. The Bertz CT molecular complexity index is 1090. The van der Waals surface area contributed by atoms with Crippen LogP contribution >= 0.6 is 11.3 Å². The summed E-state index contributed by atoms with van der Waals surface area (Å²) in [4.78, 5) is 15.0. The number of rotatable bonds is 10. The Morgan fingerprint density at radius 1 is 1.24 bits per heavy atom. The van der Waals surface area contributed by atoms with E-state index in [2.05, 4.69) is 40.7 Å². The maximum atomic E-state index is 12.9. The zero-order valence-electron chi connectivity index (χ0n) is 18.2. The lowest BCUT2D eigenvalue weighted by Crippen LogP contribution is -2.26. The van der Waals surface area contributed by atoms with Crippen molar-refractivity contribution in [3.05, 3.63) is 48.2 Å². The molecule has 1 aromatic carbocycles. The number of nitrogens with one attached hydrogen (secondary N) is 2. The lowest BCUT2D eigenvalue weighted by Gasteiger charge is -2.17. The first-order valence-electron chi connectivity index (χ1n) is 10.6. The number of halogens is 2. The van der Waals surface area contributed by atoms with E-state index in [1.54, 1.807) is 19.2 Å². The van der Waals surface area contributed by atoms with E-state index in [0.717, 1.165) is 25.3 Å². The molecule has 1 aliphatic rings. The number of amides is 1. The van der Waals surface area contributed by atoms with Crippen LogP contribution in [0.2, 0.25) is 0 Å². The predicted octanol–water partition coefficient (Wildman–Crippen LogP) is 3.34. The van der Waals surface area contributed by atoms with Crippen LogP contribution in [-0.4, -0.2) is 58.7 Å². The van der Waals surface area contributed by atoms with Crippen molar-refractivity contribution in [2.24, 2.45) is 0 Å². The van der Waals surface area contributed by atoms with Crippen LogP contribution in [0.3, 0.4) is 0 Å². The van der Waals surface area contributed by atoms with Crippen molar-refractivity contribution in [1.82, 2.24) is 20.4 Å². The molecule has 0 unspecified atom stereocenters. The van der Waals surface area contributed by atoms with Gasteiger partial charge in [-0.2, -0.15) is 13.9 Å². The summed E-state index contributed by atoms with van der Waals surface area (Å²) >= 11 is 1.20. The van der Waals surface area contributed by atoms with Crippen LogP contribution < -0.4 is 20.3 Å². The second kappa shape index (κ2) is 11.1. The molecule has 180 valence electrons. The smallest absolute Gasteiger partial charge is 0.387 e. The van der Waals surface area contributed by atoms with Gasteiger partial charge in [0.15, 0.2) is 11.9 Å². The maximum Gasteiger partial charge on any atom is 0.387 e. The van der Waals surface area contributed by atoms with E-state index in [1.165, 1.54) is 29.5 Å². The molecule has 3 aromatic rings. The number of nitrogens with zero attached hydrogens (tertiary/aromatic N) is 5. The molecule has 0 spiro atoms. The van der Waals surface area contributed by atoms with Gasteiger partial charge < -0.3 is 19.7 Å². The van der Waals surface area contributed by atoms with E-state index in [1.807, 2.05) is 12.1 Å². The first-order valence-corrected chi connectivity index (χ1v) is 11.4. The number of aromatic nitrogens is 4. The predicted molar refractivity (Wildman–Crippen MR) is 122 cm³/mol. The van der Waals surface area contributed by atoms with Gasteiger partial charge >= 0.3 is 6.61 Å². The average Bonchev–Trinajstić information content (AvgIpc) is 3.47. The molecule has 2 N–H and O–H groups in total. The Morgan fingerprint density at radius 3 is 2.85 bits per heavy atom. The molecule has 1 saturated heterocycles. The standard InChI is InChI=1S/C21H23F2N7O3S/c1-2-32-17(13-5-3-6-15(11-13)33-19(22)23)18(31)26-21-29-28-20(34-21)25-14-8-10-30(12-14)16-7-4-9-24-27-16/h3-7,9,11,14,17,19H,2,8,10,12H2,1H3,(H,25,28)(H,26,29,31)/t14-,17-/m1/s1. The Kier molecular flexibility index (Phi) is 7.75. The van der Waals surface area contributed by atoms with Crippen LogP contribution in [0.15, 0.2) is 42.6 Å². The molecule has 2 aromatic heterocycles. The van der Waals surface area contributed by atoms with E-state index in [0.29, 0.717) is 15.8 Å². The highest BCUT2D eigenvalue weighted by Gasteiger charge is 2.26. The Morgan fingerprint density at radius 2 is 2.09 bits per heavy atom. The SMILES string of the molecule is CCO[C@@H](C(=O)Nc1nnc(N[C@@H]2CCN(c3cccnn3)C2)s1)c1cccc(OC(F)F)c1. The zero-order valence-corrected chi connectivity index (χ0v) is 19.0. The summed E-state index contributed by atoms with van der Waals surface area (Å²) in [7, 11) is 0. The van der Waals surface area contributed by atoms with Gasteiger partial charge in [-0.05, 0) is 43.2 Å². The van der Waals surface area contributed by atoms with Gasteiger partial charge in [0.25, 0.3) is 5.91 Å². The van der Waals surface area contributed by atoms with E-state index >= 15 is 0 Å². The lowest BCUT2D eigenvalue weighted by molar-refractivity contribution is -0.127. The normalized spacial score (nSPS) is 16.5. The maximum absolute atomic E-state index is 12.9. The summed E-state index contributed by atoms with van der Waals surface area (Å²) in [5, 5.41) is 23.1. The molecule has 4 rings (SSSR count). The number of hydrogen-bond acceptors (Lipinski definition) is 10. The monoisotopic (exact) mass is 491 g/mol. The lowest BCUT2D eigenvalue weighted by atomic mass is 10.1. The highest BCUT2D eigenvalue weighted by molar-refractivity contribution is 7.19. The van der Waals surface area contributed by atoms with Crippen LogP contribution in [0.25, 0.3) is 0 Å². The summed E-state index contributed by atoms with van der Waals surface area (Å²) in [6.07, 6.45) is 1.50. The van der Waals surface area contributed by atoms with Crippen LogP contribution in [0.4, 0.5) is 24.9 Å². The van der Waals surface area contributed by atoms with Crippen molar-refractivity contribution >= 4 is 33.3 Å². The molecule has 2 atom stereocenters. The first-order chi connectivity index (χ1) is 16.5. The molecule has 0 bridgehead atoms. The van der Waals surface area contributed by atoms with Gasteiger partial charge in [-0.25, -0.2) is 0 Å². The molecule has 10 nitrogen and oxygen atoms in total. The van der Waals surface area contributed by atoms with Gasteiger partial charge in [-0.3, -0.25) is 10.1 Å². The van der Waals surface area contributed by atoms with Gasteiger partial charge in [0.1, 0.15) is 5.75 Å². The summed E-state index contributed by atoms with van der Waals surface area (Å²) < 4.78 is 35.1. The third kappa shape index (κ3) is 6.11. The van der Waals surface area contributed by atoms with E-state index in [-0.39, 0.29) is 18.4 Å². The number of alkyl halides is 2. The average molecular weight is 492 g/mol. The summed E-state index contributed by atoms with van der Waals surface area (Å²) in [6.45, 7) is 0.588. The highest BCUT2D eigenvalue weighted by Crippen LogP contribution is 2.28. The minimum Gasteiger partial charge on any atom is -0.435 e. The van der Waals surface area contributed by atoms with Crippen molar-refractivity contribution in [3.63, 3.8) is 0 Å². The number of carbonyl (C=O) groups is 1. The second-order valence-electron chi connectivity index (χ2n) is 7.35. The van der Waals surface area contributed by atoms with Gasteiger partial charge in [0.2, 0.25) is 10.3 Å². The molecule has 0 saturated carbocycles. The Labute approximate surface area is 198 Å². The highest BCUT2D eigenvalue weighted by atomic mass is 32.1. The molecular weight excluding hydrogens is 468 g/mol. The third-order valence-electron chi connectivity index (χ3n) is 5.01. The molecule has 0 aliphatic carbocycles. The van der Waals surface area contributed by atoms with Crippen molar-refractivity contribution in [3.8, 4) is 5.75 Å². The minimum atomic E-state index is -2.96. The summed E-state index contributed by atoms with van der Waals surface area (Å²) in [5.41, 5.74) is 0.385. The van der Waals surface area contributed by atoms with Gasteiger partial charge in [0, 0.05) is 31.9 Å². The van der Waals surface area contributed by atoms with Crippen molar-refractivity contribution in [2.45, 2.75) is 32.1 Å². The van der Waals surface area contributed by atoms with Crippen LogP contribution in [0.1, 0.15) is 25.0 Å². The quantitative estimate of drug-likeness (QED) is 0.441. The molecule has 0 radical (unpaired) electrons. The molecule has 13 heteroatoms. The van der Waals surface area contributed by atoms with E-state index < -0.39 is 18.6 Å². The van der Waals surface area contributed by atoms with Crippen LogP contribution in [0, 0.1) is 0 Å². The molecule has 1 amide bonds. The topological polar surface area (TPSA) is 114 Å². The van der Waals surface area contributed by atoms with Crippen molar-refractivity contribution in [2.75, 3.05) is 35.2 Å². The molecule has 34 heavy (non-hydrogen) atoms. The summed E-state index contributed by atoms with van der Waals surface area (Å²) in [5.74, 6) is 0.273. The number of carbonyl (C=O) groups excluding carboxylic acids is 1. The number of hydrogen-bond donors (Lipinski definition) is 2. The van der Waals surface area contributed by atoms with Crippen molar-refractivity contribution < 1.29 is 23.0 Å². The number of anilines is 3. The molecule has 3 heterocycles. The summed E-state index contributed by atoms with van der Waals surface area (Å²) in [6, 6.07) is 9.76. The third-order valence-corrected chi connectivity index (χ3v) is 5.78.